The summed E-state index contributed by atoms with van der Waals surface area (Å²) >= 11 is 0. The predicted molar refractivity (Wildman–Crippen MR) is 76.4 cm³/mol. The van der Waals surface area contributed by atoms with Crippen LogP contribution in [-0.4, -0.2) is 10.7 Å². The molecule has 1 saturated carbocycles. The molecule has 112 valence electrons. The summed E-state index contributed by atoms with van der Waals surface area (Å²) in [4.78, 5) is 0. The molecule has 1 aromatic rings. The molecule has 2 rings (SSSR count). The van der Waals surface area contributed by atoms with E-state index in [0.717, 1.165) is 31.4 Å². The van der Waals surface area contributed by atoms with Gasteiger partial charge in [0.2, 0.25) is 0 Å². The van der Waals surface area contributed by atoms with Crippen molar-refractivity contribution >= 4 is 0 Å². The Morgan fingerprint density at radius 2 is 2.00 bits per heavy atom. The molecule has 0 amide bonds. The lowest BCUT2D eigenvalue weighted by atomic mass is 9.85. The lowest BCUT2D eigenvalue weighted by Gasteiger charge is -2.27. The van der Waals surface area contributed by atoms with E-state index < -0.39 is 17.2 Å². The molecule has 0 saturated heterocycles. The quantitative estimate of drug-likeness (QED) is 0.811. The molecule has 1 aliphatic rings. The Bertz CT molecular complexity index is 458. The van der Waals surface area contributed by atoms with Crippen LogP contribution in [0, 0.1) is 23.5 Å². The molecule has 0 heterocycles. The molecule has 0 aromatic heterocycles. The Morgan fingerprint density at radius 3 is 2.70 bits per heavy atom. The molecule has 0 spiro atoms. The minimum absolute atomic E-state index is 0.210. The highest BCUT2D eigenvalue weighted by molar-refractivity contribution is 5.20. The Balaban J connectivity index is 2.09. The Morgan fingerprint density at radius 1 is 1.25 bits per heavy atom. The molecule has 2 unspecified atom stereocenters. The van der Waals surface area contributed by atoms with Crippen LogP contribution in [0.2, 0.25) is 0 Å². The minimum Gasteiger partial charge on any atom is -0.390 e. The molecule has 20 heavy (non-hydrogen) atoms. The van der Waals surface area contributed by atoms with Gasteiger partial charge in [-0.05, 0) is 54.9 Å². The zero-order valence-electron chi connectivity index (χ0n) is 12.3. The van der Waals surface area contributed by atoms with Crippen molar-refractivity contribution in [3.63, 3.8) is 0 Å². The van der Waals surface area contributed by atoms with Crippen LogP contribution in [0.15, 0.2) is 18.2 Å². The first-order valence-corrected chi connectivity index (χ1v) is 7.56. The number of halogens is 2. The SMILES string of the molecule is CC(C)C1CCCC(O)(Cc2cc(F)ccc2F)CC1. The predicted octanol–water partition coefficient (Wildman–Crippen LogP) is 4.47. The van der Waals surface area contributed by atoms with Crippen molar-refractivity contribution < 1.29 is 13.9 Å². The van der Waals surface area contributed by atoms with Crippen molar-refractivity contribution in [3.8, 4) is 0 Å². The van der Waals surface area contributed by atoms with Gasteiger partial charge in [0.25, 0.3) is 0 Å². The van der Waals surface area contributed by atoms with Crippen LogP contribution in [0.4, 0.5) is 8.78 Å². The van der Waals surface area contributed by atoms with Crippen molar-refractivity contribution in [2.45, 2.75) is 58.0 Å². The fourth-order valence-electron chi connectivity index (χ4n) is 3.29. The Kier molecular flexibility index (Phi) is 4.79. The van der Waals surface area contributed by atoms with Gasteiger partial charge in [-0.2, -0.15) is 0 Å². The summed E-state index contributed by atoms with van der Waals surface area (Å²) in [5.74, 6) is 0.368. The first-order chi connectivity index (χ1) is 9.39. The maximum atomic E-state index is 13.7. The molecule has 1 aromatic carbocycles. The van der Waals surface area contributed by atoms with E-state index in [1.807, 2.05) is 0 Å². The van der Waals surface area contributed by atoms with E-state index in [4.69, 9.17) is 0 Å². The summed E-state index contributed by atoms with van der Waals surface area (Å²) in [6.45, 7) is 4.42. The van der Waals surface area contributed by atoms with E-state index in [0.29, 0.717) is 24.7 Å². The summed E-state index contributed by atoms with van der Waals surface area (Å²) in [5, 5.41) is 10.7. The van der Waals surface area contributed by atoms with E-state index in [1.54, 1.807) is 0 Å². The first-order valence-electron chi connectivity index (χ1n) is 7.56. The fourth-order valence-corrected chi connectivity index (χ4v) is 3.29. The van der Waals surface area contributed by atoms with Crippen molar-refractivity contribution in [1.82, 2.24) is 0 Å². The largest absolute Gasteiger partial charge is 0.390 e. The number of rotatable bonds is 3. The number of benzene rings is 1. The second-order valence-corrected chi connectivity index (χ2v) is 6.57. The highest BCUT2D eigenvalue weighted by atomic mass is 19.1. The van der Waals surface area contributed by atoms with Crippen molar-refractivity contribution in [2.24, 2.45) is 11.8 Å². The van der Waals surface area contributed by atoms with E-state index >= 15 is 0 Å². The second-order valence-electron chi connectivity index (χ2n) is 6.57. The van der Waals surface area contributed by atoms with Crippen LogP contribution in [0.25, 0.3) is 0 Å². The van der Waals surface area contributed by atoms with Gasteiger partial charge in [-0.15, -0.1) is 0 Å². The number of hydrogen-bond donors (Lipinski definition) is 1. The molecule has 0 radical (unpaired) electrons. The molecule has 1 nitrogen and oxygen atoms in total. The van der Waals surface area contributed by atoms with Gasteiger partial charge in [-0.3, -0.25) is 0 Å². The van der Waals surface area contributed by atoms with Gasteiger partial charge in [0.1, 0.15) is 11.6 Å². The highest BCUT2D eigenvalue weighted by Crippen LogP contribution is 2.36. The molecule has 2 atom stereocenters. The molecule has 0 aliphatic heterocycles. The standard InChI is InChI=1S/C17H24F2O/c1-12(2)13-4-3-8-17(20,9-7-13)11-14-10-15(18)5-6-16(14)19/h5-6,10,12-13,20H,3-4,7-9,11H2,1-2H3. The van der Waals surface area contributed by atoms with Crippen molar-refractivity contribution in [2.75, 3.05) is 0 Å². The maximum Gasteiger partial charge on any atom is 0.126 e. The van der Waals surface area contributed by atoms with Gasteiger partial charge in [-0.1, -0.05) is 26.7 Å². The highest BCUT2D eigenvalue weighted by Gasteiger charge is 2.32. The molecule has 3 heteroatoms. The summed E-state index contributed by atoms with van der Waals surface area (Å²) in [6.07, 6.45) is 4.59. The van der Waals surface area contributed by atoms with Gasteiger partial charge in [-0.25, -0.2) is 8.78 Å². The minimum atomic E-state index is -0.891. The zero-order chi connectivity index (χ0) is 14.8. The molecular formula is C17H24F2O. The van der Waals surface area contributed by atoms with E-state index in [9.17, 15) is 13.9 Å². The average molecular weight is 282 g/mol. The fraction of sp³-hybridized carbons (Fsp3) is 0.647. The summed E-state index contributed by atoms with van der Waals surface area (Å²) in [7, 11) is 0. The summed E-state index contributed by atoms with van der Waals surface area (Å²) in [6, 6.07) is 3.46. The molecule has 1 aliphatic carbocycles. The van der Waals surface area contributed by atoms with Crippen LogP contribution >= 0.6 is 0 Å². The third-order valence-electron chi connectivity index (χ3n) is 4.67. The lowest BCUT2D eigenvalue weighted by Crippen LogP contribution is -2.31. The Labute approximate surface area is 120 Å². The summed E-state index contributed by atoms with van der Waals surface area (Å²) in [5.41, 5.74) is -0.603. The summed E-state index contributed by atoms with van der Waals surface area (Å²) < 4.78 is 26.9. The molecular weight excluding hydrogens is 258 g/mol. The van der Waals surface area contributed by atoms with Gasteiger partial charge in [0, 0.05) is 6.42 Å². The first kappa shape index (κ1) is 15.4. The van der Waals surface area contributed by atoms with Gasteiger partial charge < -0.3 is 5.11 Å². The zero-order valence-corrected chi connectivity index (χ0v) is 12.3. The van der Waals surface area contributed by atoms with E-state index in [2.05, 4.69) is 13.8 Å². The monoisotopic (exact) mass is 282 g/mol. The lowest BCUT2D eigenvalue weighted by molar-refractivity contribution is 0.0228. The van der Waals surface area contributed by atoms with Crippen LogP contribution in [0.5, 0.6) is 0 Å². The van der Waals surface area contributed by atoms with Gasteiger partial charge in [0.15, 0.2) is 0 Å². The van der Waals surface area contributed by atoms with E-state index in [1.165, 1.54) is 6.07 Å². The van der Waals surface area contributed by atoms with Crippen molar-refractivity contribution in [1.29, 1.82) is 0 Å². The van der Waals surface area contributed by atoms with Crippen LogP contribution < -0.4 is 0 Å². The molecule has 1 N–H and O–H groups in total. The van der Waals surface area contributed by atoms with Crippen molar-refractivity contribution in [3.05, 3.63) is 35.4 Å². The van der Waals surface area contributed by atoms with Gasteiger partial charge >= 0.3 is 0 Å². The normalized spacial score (nSPS) is 27.6. The third-order valence-corrected chi connectivity index (χ3v) is 4.67. The van der Waals surface area contributed by atoms with Crippen LogP contribution in [0.3, 0.4) is 0 Å². The maximum absolute atomic E-state index is 13.7. The second kappa shape index (κ2) is 6.21. The molecule has 1 fully saturated rings. The molecule has 0 bridgehead atoms. The third kappa shape index (κ3) is 3.78. The number of hydrogen-bond acceptors (Lipinski definition) is 1. The average Bonchev–Trinajstić information content (AvgIpc) is 2.56. The van der Waals surface area contributed by atoms with E-state index in [-0.39, 0.29) is 12.0 Å². The number of aliphatic hydroxyl groups is 1. The smallest absolute Gasteiger partial charge is 0.126 e. The van der Waals surface area contributed by atoms with Crippen LogP contribution in [0.1, 0.15) is 51.5 Å². The Hall–Kier alpha value is -0.960. The van der Waals surface area contributed by atoms with Crippen LogP contribution in [-0.2, 0) is 6.42 Å². The van der Waals surface area contributed by atoms with Gasteiger partial charge in [0.05, 0.1) is 5.60 Å². The topological polar surface area (TPSA) is 20.2 Å².